The Morgan fingerprint density at radius 2 is 1.92 bits per heavy atom. The number of aromatic nitrogens is 3. The normalized spacial score (nSPS) is 12.0. The number of hydrogen-bond donors (Lipinski definition) is 1. The van der Waals surface area contributed by atoms with Gasteiger partial charge in [0, 0.05) is 5.56 Å². The Bertz CT molecular complexity index is 788. The van der Waals surface area contributed by atoms with E-state index in [0.29, 0.717) is 24.0 Å². The molecule has 3 rings (SSSR count). The lowest BCUT2D eigenvalue weighted by Gasteiger charge is -2.11. The van der Waals surface area contributed by atoms with Crippen LogP contribution >= 0.6 is 0 Å². The van der Waals surface area contributed by atoms with Gasteiger partial charge in [-0.25, -0.2) is 4.98 Å². The number of ether oxygens (including phenoxy) is 2. The van der Waals surface area contributed by atoms with Crippen LogP contribution in [0.5, 0.6) is 11.8 Å². The van der Waals surface area contributed by atoms with Crippen molar-refractivity contribution in [1.29, 1.82) is 0 Å². The summed E-state index contributed by atoms with van der Waals surface area (Å²) in [5, 5.41) is 0. The Labute approximate surface area is 139 Å². The van der Waals surface area contributed by atoms with Crippen molar-refractivity contribution in [2.75, 3.05) is 13.7 Å². The van der Waals surface area contributed by atoms with Gasteiger partial charge in [0.15, 0.2) is 11.6 Å². The second kappa shape index (κ2) is 7.10. The number of nitrogens with two attached hydrogens (primary N) is 1. The monoisotopic (exact) mass is 326 g/mol. The van der Waals surface area contributed by atoms with Gasteiger partial charge in [-0.2, -0.15) is 9.97 Å². The second-order valence-electron chi connectivity index (χ2n) is 4.95. The Morgan fingerprint density at radius 1 is 1.12 bits per heavy atom. The fourth-order valence-electron chi connectivity index (χ4n) is 2.17. The molecular weight excluding hydrogens is 308 g/mol. The van der Waals surface area contributed by atoms with Crippen LogP contribution in [0.3, 0.4) is 0 Å². The molecule has 7 heteroatoms. The highest BCUT2D eigenvalue weighted by atomic mass is 16.5. The first-order valence-corrected chi connectivity index (χ1v) is 7.53. The average Bonchev–Trinajstić information content (AvgIpc) is 3.16. The SMILES string of the molecule is CCOc1nc(-c2ccc(OC)cc2)nc(C(N)c2ccco2)n1. The van der Waals surface area contributed by atoms with Crippen molar-refractivity contribution >= 4 is 0 Å². The zero-order valence-electron chi connectivity index (χ0n) is 13.5. The largest absolute Gasteiger partial charge is 0.497 e. The van der Waals surface area contributed by atoms with Crippen molar-refractivity contribution in [3.05, 3.63) is 54.2 Å². The van der Waals surface area contributed by atoms with E-state index in [2.05, 4.69) is 15.0 Å². The molecule has 0 bridgehead atoms. The van der Waals surface area contributed by atoms with E-state index < -0.39 is 6.04 Å². The van der Waals surface area contributed by atoms with Gasteiger partial charge in [0.25, 0.3) is 0 Å². The lowest BCUT2D eigenvalue weighted by atomic mass is 10.2. The lowest BCUT2D eigenvalue weighted by molar-refractivity contribution is 0.309. The number of benzene rings is 1. The Morgan fingerprint density at radius 3 is 2.54 bits per heavy atom. The molecule has 0 saturated heterocycles. The van der Waals surface area contributed by atoms with Gasteiger partial charge >= 0.3 is 6.01 Å². The van der Waals surface area contributed by atoms with Crippen LogP contribution in [0.2, 0.25) is 0 Å². The molecule has 2 heterocycles. The minimum absolute atomic E-state index is 0.232. The van der Waals surface area contributed by atoms with E-state index >= 15 is 0 Å². The summed E-state index contributed by atoms with van der Waals surface area (Å²) < 4.78 is 16.0. The quantitative estimate of drug-likeness (QED) is 0.743. The van der Waals surface area contributed by atoms with Crippen LogP contribution in [0.1, 0.15) is 24.6 Å². The van der Waals surface area contributed by atoms with Gasteiger partial charge in [-0.1, -0.05) is 0 Å². The van der Waals surface area contributed by atoms with E-state index in [1.54, 1.807) is 25.5 Å². The highest BCUT2D eigenvalue weighted by Crippen LogP contribution is 2.24. The number of furan rings is 1. The van der Waals surface area contributed by atoms with Crippen LogP contribution in [0.25, 0.3) is 11.4 Å². The summed E-state index contributed by atoms with van der Waals surface area (Å²) in [6.45, 7) is 2.31. The fourth-order valence-corrected chi connectivity index (χ4v) is 2.17. The van der Waals surface area contributed by atoms with Gasteiger partial charge in [-0.3, -0.25) is 0 Å². The third kappa shape index (κ3) is 3.36. The highest BCUT2D eigenvalue weighted by molar-refractivity contribution is 5.56. The van der Waals surface area contributed by atoms with E-state index in [0.717, 1.165) is 11.3 Å². The van der Waals surface area contributed by atoms with Crippen LogP contribution in [-0.4, -0.2) is 28.7 Å². The minimum Gasteiger partial charge on any atom is -0.497 e. The molecule has 0 amide bonds. The smallest absolute Gasteiger partial charge is 0.320 e. The first-order chi connectivity index (χ1) is 11.7. The summed E-state index contributed by atoms with van der Waals surface area (Å²) in [5.41, 5.74) is 7.01. The zero-order valence-corrected chi connectivity index (χ0v) is 13.5. The molecule has 7 nitrogen and oxygen atoms in total. The van der Waals surface area contributed by atoms with Crippen molar-refractivity contribution < 1.29 is 13.9 Å². The van der Waals surface area contributed by atoms with E-state index in [1.165, 1.54) is 0 Å². The first-order valence-electron chi connectivity index (χ1n) is 7.53. The maximum absolute atomic E-state index is 6.20. The van der Waals surface area contributed by atoms with E-state index in [1.807, 2.05) is 31.2 Å². The van der Waals surface area contributed by atoms with E-state index in [4.69, 9.17) is 19.6 Å². The molecule has 1 unspecified atom stereocenters. The Balaban J connectivity index is 2.01. The molecule has 1 aromatic carbocycles. The predicted octanol–water partition coefficient (Wildman–Crippen LogP) is 2.59. The highest BCUT2D eigenvalue weighted by Gasteiger charge is 2.19. The third-order valence-corrected chi connectivity index (χ3v) is 3.38. The molecule has 124 valence electrons. The van der Waals surface area contributed by atoms with Crippen LogP contribution in [0.4, 0.5) is 0 Å². The molecule has 0 aliphatic carbocycles. The summed E-state index contributed by atoms with van der Waals surface area (Å²) in [4.78, 5) is 13.1. The lowest BCUT2D eigenvalue weighted by Crippen LogP contribution is -2.17. The van der Waals surface area contributed by atoms with E-state index in [-0.39, 0.29) is 6.01 Å². The van der Waals surface area contributed by atoms with E-state index in [9.17, 15) is 0 Å². The molecule has 0 saturated carbocycles. The zero-order chi connectivity index (χ0) is 16.9. The Hall–Kier alpha value is -2.93. The molecule has 0 aliphatic heterocycles. The molecule has 2 N–H and O–H groups in total. The molecule has 24 heavy (non-hydrogen) atoms. The summed E-state index contributed by atoms with van der Waals surface area (Å²) in [6, 6.07) is 10.6. The van der Waals surface area contributed by atoms with Gasteiger partial charge in [0.05, 0.1) is 20.0 Å². The van der Waals surface area contributed by atoms with Gasteiger partial charge in [0.1, 0.15) is 17.6 Å². The molecule has 0 fully saturated rings. The molecule has 3 aromatic rings. The molecule has 0 aliphatic rings. The summed E-state index contributed by atoms with van der Waals surface area (Å²) in [6.07, 6.45) is 1.56. The van der Waals surface area contributed by atoms with Crippen LogP contribution in [0, 0.1) is 0 Å². The van der Waals surface area contributed by atoms with Crippen molar-refractivity contribution in [2.45, 2.75) is 13.0 Å². The molecule has 0 radical (unpaired) electrons. The van der Waals surface area contributed by atoms with Gasteiger partial charge in [0.2, 0.25) is 0 Å². The molecule has 1 atom stereocenters. The third-order valence-electron chi connectivity index (χ3n) is 3.38. The fraction of sp³-hybridized carbons (Fsp3) is 0.235. The maximum atomic E-state index is 6.20. The summed E-state index contributed by atoms with van der Waals surface area (Å²) >= 11 is 0. The maximum Gasteiger partial charge on any atom is 0.320 e. The van der Waals surface area contributed by atoms with Crippen LogP contribution < -0.4 is 15.2 Å². The number of nitrogens with zero attached hydrogens (tertiary/aromatic N) is 3. The summed E-state index contributed by atoms with van der Waals surface area (Å²) in [5.74, 6) is 2.19. The van der Waals surface area contributed by atoms with Gasteiger partial charge < -0.3 is 19.6 Å². The van der Waals surface area contributed by atoms with Gasteiger partial charge in [-0.05, 0) is 43.3 Å². The molecule has 0 spiro atoms. The predicted molar refractivity (Wildman–Crippen MR) is 87.7 cm³/mol. The van der Waals surface area contributed by atoms with Crippen molar-refractivity contribution in [2.24, 2.45) is 5.73 Å². The van der Waals surface area contributed by atoms with Crippen LogP contribution in [0.15, 0.2) is 47.1 Å². The first kappa shape index (κ1) is 15.9. The molecule has 2 aromatic heterocycles. The molecular formula is C17H18N4O3. The Kier molecular flexibility index (Phi) is 4.72. The van der Waals surface area contributed by atoms with Gasteiger partial charge in [-0.15, -0.1) is 0 Å². The number of rotatable bonds is 6. The number of hydrogen-bond acceptors (Lipinski definition) is 7. The average molecular weight is 326 g/mol. The summed E-state index contributed by atoms with van der Waals surface area (Å²) in [7, 11) is 1.62. The topological polar surface area (TPSA) is 96.3 Å². The van der Waals surface area contributed by atoms with Crippen LogP contribution in [-0.2, 0) is 0 Å². The van der Waals surface area contributed by atoms with Crippen molar-refractivity contribution in [1.82, 2.24) is 15.0 Å². The van der Waals surface area contributed by atoms with Crippen molar-refractivity contribution in [3.8, 4) is 23.1 Å². The standard InChI is InChI=1S/C17H18N4O3/c1-3-23-17-20-15(11-6-8-12(22-2)9-7-11)19-16(21-17)14(18)13-5-4-10-24-13/h4-10,14H,3,18H2,1-2H3. The minimum atomic E-state index is -0.598. The second-order valence-corrected chi connectivity index (χ2v) is 4.95. The van der Waals surface area contributed by atoms with Crippen molar-refractivity contribution in [3.63, 3.8) is 0 Å². The number of methoxy groups -OCH3 is 1.